The Bertz CT molecular complexity index is 506. The predicted octanol–water partition coefficient (Wildman–Crippen LogP) is 3.37. The molecule has 82 valence electrons. The fourth-order valence-corrected chi connectivity index (χ4v) is 1.75. The summed E-state index contributed by atoms with van der Waals surface area (Å²) in [7, 11) is 1.63. The molecule has 0 radical (unpaired) electrons. The fraction of sp³-hybridized carbons (Fsp3) is 0.214. The second-order valence-electron chi connectivity index (χ2n) is 3.83. The van der Waals surface area contributed by atoms with Gasteiger partial charge in [0.2, 0.25) is 5.88 Å². The van der Waals surface area contributed by atoms with Crippen molar-refractivity contribution in [2.24, 2.45) is 0 Å². The molecule has 0 spiro atoms. The zero-order valence-electron chi connectivity index (χ0n) is 9.82. The lowest BCUT2D eigenvalue weighted by Crippen LogP contribution is -1.90. The fourth-order valence-electron chi connectivity index (χ4n) is 1.75. The summed E-state index contributed by atoms with van der Waals surface area (Å²) >= 11 is 0. The number of ether oxygens (including phenoxy) is 1. The molecule has 0 N–H and O–H groups in total. The van der Waals surface area contributed by atoms with E-state index in [0.717, 1.165) is 5.56 Å². The van der Waals surface area contributed by atoms with Crippen molar-refractivity contribution in [1.82, 2.24) is 4.98 Å². The third kappa shape index (κ3) is 1.91. The average molecular weight is 213 g/mol. The van der Waals surface area contributed by atoms with Crippen LogP contribution in [-0.2, 0) is 0 Å². The van der Waals surface area contributed by atoms with E-state index < -0.39 is 0 Å². The van der Waals surface area contributed by atoms with Crippen molar-refractivity contribution >= 4 is 0 Å². The van der Waals surface area contributed by atoms with Gasteiger partial charge in [-0.2, -0.15) is 0 Å². The standard InChI is InChI=1S/C14H15NO/c1-10-5-4-6-13(11(10)2)12-7-8-15-14(9-12)16-3/h4-9H,1-3H3. The number of nitrogens with zero attached hydrogens (tertiary/aromatic N) is 1. The molecule has 0 aliphatic heterocycles. The first-order chi connectivity index (χ1) is 7.72. The molecule has 0 saturated heterocycles. The zero-order chi connectivity index (χ0) is 11.5. The Morgan fingerprint density at radius 3 is 2.69 bits per heavy atom. The summed E-state index contributed by atoms with van der Waals surface area (Å²) in [6.07, 6.45) is 1.77. The van der Waals surface area contributed by atoms with Crippen molar-refractivity contribution in [1.29, 1.82) is 0 Å². The number of benzene rings is 1. The topological polar surface area (TPSA) is 22.1 Å². The molecular formula is C14H15NO. The van der Waals surface area contributed by atoms with E-state index in [1.165, 1.54) is 16.7 Å². The van der Waals surface area contributed by atoms with E-state index >= 15 is 0 Å². The second kappa shape index (κ2) is 4.35. The number of aromatic nitrogens is 1. The molecule has 0 bridgehead atoms. The molecule has 0 aliphatic rings. The van der Waals surface area contributed by atoms with Crippen molar-refractivity contribution < 1.29 is 4.74 Å². The minimum Gasteiger partial charge on any atom is -0.481 e. The number of pyridine rings is 1. The Kier molecular flexibility index (Phi) is 2.91. The first kappa shape index (κ1) is 10.7. The first-order valence-corrected chi connectivity index (χ1v) is 5.29. The van der Waals surface area contributed by atoms with Crippen molar-refractivity contribution in [3.63, 3.8) is 0 Å². The van der Waals surface area contributed by atoms with Gasteiger partial charge in [-0.3, -0.25) is 0 Å². The Hall–Kier alpha value is -1.83. The summed E-state index contributed by atoms with van der Waals surface area (Å²) in [6, 6.07) is 10.3. The number of aryl methyl sites for hydroxylation is 1. The third-order valence-electron chi connectivity index (χ3n) is 2.86. The van der Waals surface area contributed by atoms with Crippen LogP contribution in [0.3, 0.4) is 0 Å². The van der Waals surface area contributed by atoms with Gasteiger partial charge in [0, 0.05) is 12.3 Å². The Morgan fingerprint density at radius 2 is 1.94 bits per heavy atom. The maximum Gasteiger partial charge on any atom is 0.213 e. The van der Waals surface area contributed by atoms with Gasteiger partial charge in [0.1, 0.15) is 0 Å². The van der Waals surface area contributed by atoms with Crippen LogP contribution in [0.5, 0.6) is 5.88 Å². The third-order valence-corrected chi connectivity index (χ3v) is 2.86. The molecule has 1 aromatic carbocycles. The molecule has 0 fully saturated rings. The van der Waals surface area contributed by atoms with E-state index in [2.05, 4.69) is 37.0 Å². The summed E-state index contributed by atoms with van der Waals surface area (Å²) in [4.78, 5) is 4.11. The van der Waals surface area contributed by atoms with E-state index in [1.807, 2.05) is 12.1 Å². The maximum absolute atomic E-state index is 5.14. The van der Waals surface area contributed by atoms with Gasteiger partial charge >= 0.3 is 0 Å². The quantitative estimate of drug-likeness (QED) is 0.763. The molecule has 2 nitrogen and oxygen atoms in total. The molecule has 1 aromatic heterocycles. The van der Waals surface area contributed by atoms with Crippen molar-refractivity contribution in [3.05, 3.63) is 47.7 Å². The molecule has 1 heterocycles. The van der Waals surface area contributed by atoms with Gasteiger partial charge in [-0.25, -0.2) is 4.98 Å². The summed E-state index contributed by atoms with van der Waals surface area (Å²) in [5.41, 5.74) is 4.98. The van der Waals surface area contributed by atoms with Gasteiger partial charge in [-0.05, 0) is 42.2 Å². The summed E-state index contributed by atoms with van der Waals surface area (Å²) in [5.74, 6) is 0.651. The molecule has 2 rings (SSSR count). The highest BCUT2D eigenvalue weighted by atomic mass is 16.5. The van der Waals surface area contributed by atoms with Crippen LogP contribution in [0.25, 0.3) is 11.1 Å². The van der Waals surface area contributed by atoms with Gasteiger partial charge < -0.3 is 4.74 Å². The summed E-state index contributed by atoms with van der Waals surface area (Å²) in [6.45, 7) is 4.26. The lowest BCUT2D eigenvalue weighted by molar-refractivity contribution is 0.398. The largest absolute Gasteiger partial charge is 0.481 e. The van der Waals surface area contributed by atoms with Gasteiger partial charge in [-0.1, -0.05) is 18.2 Å². The summed E-state index contributed by atoms with van der Waals surface area (Å²) < 4.78 is 5.14. The van der Waals surface area contributed by atoms with Gasteiger partial charge in [0.25, 0.3) is 0 Å². The van der Waals surface area contributed by atoms with Crippen LogP contribution in [0, 0.1) is 13.8 Å². The van der Waals surface area contributed by atoms with Crippen molar-refractivity contribution in [2.45, 2.75) is 13.8 Å². The monoisotopic (exact) mass is 213 g/mol. The Labute approximate surface area is 95.9 Å². The molecule has 2 heteroatoms. The number of methoxy groups -OCH3 is 1. The highest BCUT2D eigenvalue weighted by Gasteiger charge is 2.04. The zero-order valence-corrected chi connectivity index (χ0v) is 9.82. The summed E-state index contributed by atoms with van der Waals surface area (Å²) in [5, 5.41) is 0. The van der Waals surface area contributed by atoms with E-state index in [0.29, 0.717) is 5.88 Å². The van der Waals surface area contributed by atoms with Crippen LogP contribution in [0.4, 0.5) is 0 Å². The Balaban J connectivity index is 2.54. The molecular weight excluding hydrogens is 198 g/mol. The molecule has 2 aromatic rings. The average Bonchev–Trinajstić information content (AvgIpc) is 2.33. The van der Waals surface area contributed by atoms with Gasteiger partial charge in [-0.15, -0.1) is 0 Å². The number of hydrogen-bond acceptors (Lipinski definition) is 2. The van der Waals surface area contributed by atoms with Crippen molar-refractivity contribution in [3.8, 4) is 17.0 Å². The predicted molar refractivity (Wildman–Crippen MR) is 65.7 cm³/mol. The van der Waals surface area contributed by atoms with Crippen LogP contribution in [0.15, 0.2) is 36.5 Å². The SMILES string of the molecule is COc1cc(-c2cccc(C)c2C)ccn1. The van der Waals surface area contributed by atoms with E-state index in [4.69, 9.17) is 4.74 Å². The van der Waals surface area contributed by atoms with E-state index in [9.17, 15) is 0 Å². The van der Waals surface area contributed by atoms with Crippen molar-refractivity contribution in [2.75, 3.05) is 7.11 Å². The maximum atomic E-state index is 5.14. The highest BCUT2D eigenvalue weighted by molar-refractivity contribution is 5.68. The minimum atomic E-state index is 0.651. The van der Waals surface area contributed by atoms with Gasteiger partial charge in [0.15, 0.2) is 0 Å². The van der Waals surface area contributed by atoms with Crippen LogP contribution in [0.2, 0.25) is 0 Å². The molecule has 0 atom stereocenters. The molecule has 0 saturated carbocycles. The lowest BCUT2D eigenvalue weighted by atomic mass is 9.98. The van der Waals surface area contributed by atoms with Crippen LogP contribution < -0.4 is 4.74 Å². The van der Waals surface area contributed by atoms with E-state index in [-0.39, 0.29) is 0 Å². The molecule has 16 heavy (non-hydrogen) atoms. The number of rotatable bonds is 2. The molecule has 0 amide bonds. The molecule has 0 unspecified atom stereocenters. The highest BCUT2D eigenvalue weighted by Crippen LogP contribution is 2.26. The minimum absolute atomic E-state index is 0.651. The second-order valence-corrected chi connectivity index (χ2v) is 3.83. The Morgan fingerprint density at radius 1 is 1.12 bits per heavy atom. The normalized spacial score (nSPS) is 10.2. The van der Waals surface area contributed by atoms with Crippen LogP contribution in [-0.4, -0.2) is 12.1 Å². The van der Waals surface area contributed by atoms with Gasteiger partial charge in [0.05, 0.1) is 7.11 Å². The molecule has 0 aliphatic carbocycles. The lowest BCUT2D eigenvalue weighted by Gasteiger charge is -2.09. The first-order valence-electron chi connectivity index (χ1n) is 5.29. The van der Waals surface area contributed by atoms with E-state index in [1.54, 1.807) is 13.3 Å². The van der Waals surface area contributed by atoms with Crippen LogP contribution in [0.1, 0.15) is 11.1 Å². The number of hydrogen-bond donors (Lipinski definition) is 0. The van der Waals surface area contributed by atoms with Crippen LogP contribution >= 0.6 is 0 Å². The smallest absolute Gasteiger partial charge is 0.213 e.